The highest BCUT2D eigenvalue weighted by molar-refractivity contribution is 5.35. The van der Waals surface area contributed by atoms with E-state index in [9.17, 15) is 5.11 Å². The smallest absolute Gasteiger partial charge is 0.122 e. The van der Waals surface area contributed by atoms with E-state index in [0.29, 0.717) is 13.2 Å². The van der Waals surface area contributed by atoms with Gasteiger partial charge in [0, 0.05) is 26.3 Å². The Labute approximate surface area is 155 Å². The number of β-amino-alcohol motifs (C(OH)–C–C–N with tert-alkyl or cyclic N) is 1. The molecule has 1 unspecified atom stereocenters. The minimum absolute atomic E-state index is 0.312. The second kappa shape index (κ2) is 9.57. The van der Waals surface area contributed by atoms with Gasteiger partial charge in [-0.3, -0.25) is 4.90 Å². The number of hydrogen-bond donors (Lipinski definition) is 2. The van der Waals surface area contributed by atoms with Crippen LogP contribution in [-0.2, 0) is 12.8 Å². The summed E-state index contributed by atoms with van der Waals surface area (Å²) in [5.74, 6) is 1.74. The van der Waals surface area contributed by atoms with Gasteiger partial charge in [0.2, 0.25) is 0 Å². The predicted octanol–water partition coefficient (Wildman–Crippen LogP) is 2.08. The van der Waals surface area contributed by atoms with E-state index in [4.69, 9.17) is 9.47 Å². The fourth-order valence-electron chi connectivity index (χ4n) is 3.20. The van der Waals surface area contributed by atoms with Gasteiger partial charge in [0.1, 0.15) is 24.2 Å². The summed E-state index contributed by atoms with van der Waals surface area (Å²) in [6, 6.07) is 16.2. The molecule has 3 rings (SSSR count). The highest BCUT2D eigenvalue weighted by Gasteiger charge is 2.16. The third-order valence-electron chi connectivity index (χ3n) is 4.63. The summed E-state index contributed by atoms with van der Waals surface area (Å²) >= 11 is 0. The van der Waals surface area contributed by atoms with Crippen molar-refractivity contribution >= 4 is 0 Å². The average Bonchev–Trinajstić information content (AvgIpc) is 3.18. The minimum atomic E-state index is -0.485. The van der Waals surface area contributed by atoms with Crippen LogP contribution in [0, 0.1) is 0 Å². The molecule has 1 saturated heterocycles. The molecule has 0 radical (unpaired) electrons. The summed E-state index contributed by atoms with van der Waals surface area (Å²) in [6.45, 7) is 3.76. The Kier molecular flexibility index (Phi) is 6.89. The van der Waals surface area contributed by atoms with Crippen molar-refractivity contribution in [3.8, 4) is 11.5 Å². The summed E-state index contributed by atoms with van der Waals surface area (Å²) in [7, 11) is 1.69. The summed E-state index contributed by atoms with van der Waals surface area (Å²) in [4.78, 5) is 2.20. The lowest BCUT2D eigenvalue weighted by atomic mass is 10.0. The van der Waals surface area contributed by atoms with E-state index in [1.165, 1.54) is 5.56 Å². The van der Waals surface area contributed by atoms with Crippen LogP contribution in [0.2, 0.25) is 0 Å². The molecule has 0 aromatic heterocycles. The fraction of sp³-hybridized carbons (Fsp3) is 0.429. The van der Waals surface area contributed by atoms with Crippen LogP contribution in [0.15, 0.2) is 48.5 Å². The van der Waals surface area contributed by atoms with Gasteiger partial charge in [-0.2, -0.15) is 0 Å². The largest absolute Gasteiger partial charge is 0.497 e. The van der Waals surface area contributed by atoms with E-state index in [-0.39, 0.29) is 0 Å². The van der Waals surface area contributed by atoms with Crippen LogP contribution >= 0.6 is 0 Å². The van der Waals surface area contributed by atoms with Crippen molar-refractivity contribution < 1.29 is 14.6 Å². The lowest BCUT2D eigenvalue weighted by Gasteiger charge is -2.20. The van der Waals surface area contributed by atoms with Crippen molar-refractivity contribution in [3.63, 3.8) is 0 Å². The third kappa shape index (κ3) is 5.46. The molecule has 0 saturated carbocycles. The lowest BCUT2D eigenvalue weighted by Crippen LogP contribution is -2.34. The van der Waals surface area contributed by atoms with Crippen molar-refractivity contribution in [1.82, 2.24) is 10.2 Å². The maximum absolute atomic E-state index is 10.2. The van der Waals surface area contributed by atoms with Crippen molar-refractivity contribution in [2.75, 3.05) is 40.0 Å². The van der Waals surface area contributed by atoms with Gasteiger partial charge in [0.05, 0.1) is 7.11 Å². The van der Waals surface area contributed by atoms with Gasteiger partial charge in [-0.25, -0.2) is 0 Å². The molecule has 140 valence electrons. The Morgan fingerprint density at radius 1 is 1.15 bits per heavy atom. The molecule has 5 heteroatoms. The average molecular weight is 356 g/mol. The molecule has 5 nitrogen and oxygen atoms in total. The van der Waals surface area contributed by atoms with E-state index in [1.54, 1.807) is 7.11 Å². The zero-order valence-electron chi connectivity index (χ0n) is 15.4. The van der Waals surface area contributed by atoms with Crippen molar-refractivity contribution in [2.24, 2.45) is 0 Å². The number of methoxy groups -OCH3 is 1. The maximum atomic E-state index is 10.2. The van der Waals surface area contributed by atoms with Gasteiger partial charge < -0.3 is 19.9 Å². The van der Waals surface area contributed by atoms with Gasteiger partial charge in [0.15, 0.2) is 0 Å². The normalized spacial score (nSPS) is 15.8. The number of nitrogens with one attached hydrogen (secondary N) is 1. The molecule has 1 heterocycles. The van der Waals surface area contributed by atoms with Gasteiger partial charge in [0.25, 0.3) is 0 Å². The minimum Gasteiger partial charge on any atom is -0.497 e. The number of aliphatic hydroxyl groups is 1. The van der Waals surface area contributed by atoms with Gasteiger partial charge >= 0.3 is 0 Å². The number of benzene rings is 2. The van der Waals surface area contributed by atoms with E-state index in [2.05, 4.69) is 28.4 Å². The fourth-order valence-corrected chi connectivity index (χ4v) is 3.20. The Balaban J connectivity index is 1.53. The summed E-state index contributed by atoms with van der Waals surface area (Å²) in [5, 5.41) is 13.5. The molecular weight excluding hydrogens is 328 g/mol. The topological polar surface area (TPSA) is 54.0 Å². The number of aryl methyl sites for hydroxylation is 2. The summed E-state index contributed by atoms with van der Waals surface area (Å²) < 4.78 is 11.2. The molecule has 0 spiro atoms. The molecule has 0 amide bonds. The van der Waals surface area contributed by atoms with E-state index in [0.717, 1.165) is 49.7 Å². The molecule has 0 aliphatic carbocycles. The second-order valence-electron chi connectivity index (χ2n) is 6.66. The number of ether oxygens (including phenoxy) is 2. The van der Waals surface area contributed by atoms with Gasteiger partial charge in [-0.15, -0.1) is 0 Å². The molecule has 0 bridgehead atoms. The van der Waals surface area contributed by atoms with Gasteiger partial charge in [-0.05, 0) is 42.2 Å². The molecule has 26 heavy (non-hydrogen) atoms. The lowest BCUT2D eigenvalue weighted by molar-refractivity contribution is 0.0751. The number of nitrogens with zero attached hydrogens (tertiary/aromatic N) is 1. The van der Waals surface area contributed by atoms with E-state index in [1.807, 2.05) is 30.3 Å². The predicted molar refractivity (Wildman–Crippen MR) is 103 cm³/mol. The van der Waals surface area contributed by atoms with Crippen LogP contribution in [0.1, 0.15) is 11.1 Å². The molecule has 1 atom stereocenters. The number of aliphatic hydroxyl groups excluding tert-OH is 1. The molecular formula is C21H28N2O3. The first-order chi connectivity index (χ1) is 12.7. The number of para-hydroxylation sites is 1. The van der Waals surface area contributed by atoms with Crippen LogP contribution in [0.4, 0.5) is 0 Å². The summed E-state index contributed by atoms with van der Waals surface area (Å²) in [6.07, 6.45) is 1.32. The monoisotopic (exact) mass is 356 g/mol. The molecule has 1 aliphatic rings. The number of rotatable bonds is 9. The maximum Gasteiger partial charge on any atom is 0.122 e. The molecule has 2 aromatic rings. The Morgan fingerprint density at radius 3 is 2.85 bits per heavy atom. The van der Waals surface area contributed by atoms with Crippen molar-refractivity contribution in [3.05, 3.63) is 59.7 Å². The van der Waals surface area contributed by atoms with Crippen LogP contribution in [0.5, 0.6) is 11.5 Å². The first-order valence-electron chi connectivity index (χ1n) is 9.19. The highest BCUT2D eigenvalue weighted by atomic mass is 16.5. The third-order valence-corrected chi connectivity index (χ3v) is 4.63. The Hall–Kier alpha value is -2.08. The van der Waals surface area contributed by atoms with Crippen LogP contribution in [0.25, 0.3) is 0 Å². The quantitative estimate of drug-likeness (QED) is 0.721. The Morgan fingerprint density at radius 2 is 2.04 bits per heavy atom. The van der Waals surface area contributed by atoms with Crippen LogP contribution in [-0.4, -0.2) is 56.1 Å². The van der Waals surface area contributed by atoms with Crippen LogP contribution < -0.4 is 14.8 Å². The SMILES string of the molecule is COc1cccc(CCc2ccccc2OCC(O)CN2CCNC2)c1. The highest BCUT2D eigenvalue weighted by Crippen LogP contribution is 2.21. The Bertz CT molecular complexity index is 686. The zero-order chi connectivity index (χ0) is 18.2. The second-order valence-corrected chi connectivity index (χ2v) is 6.66. The van der Waals surface area contributed by atoms with Crippen molar-refractivity contribution in [1.29, 1.82) is 0 Å². The summed E-state index contributed by atoms with van der Waals surface area (Å²) in [5.41, 5.74) is 2.39. The van der Waals surface area contributed by atoms with E-state index < -0.39 is 6.10 Å². The number of hydrogen-bond acceptors (Lipinski definition) is 5. The first-order valence-corrected chi connectivity index (χ1v) is 9.19. The first kappa shape index (κ1) is 18.7. The van der Waals surface area contributed by atoms with E-state index >= 15 is 0 Å². The molecule has 1 fully saturated rings. The standard InChI is InChI=1S/C21H28N2O3/c1-25-20-7-4-5-17(13-20)9-10-18-6-2-3-8-21(18)26-15-19(24)14-23-12-11-22-16-23/h2-8,13,19,22,24H,9-12,14-16H2,1H3. The molecule has 2 aromatic carbocycles. The van der Waals surface area contributed by atoms with Crippen LogP contribution in [0.3, 0.4) is 0 Å². The zero-order valence-corrected chi connectivity index (χ0v) is 15.4. The van der Waals surface area contributed by atoms with Gasteiger partial charge in [-0.1, -0.05) is 30.3 Å². The molecule has 2 N–H and O–H groups in total. The molecule has 1 aliphatic heterocycles. The van der Waals surface area contributed by atoms with Crippen molar-refractivity contribution in [2.45, 2.75) is 18.9 Å².